The van der Waals surface area contributed by atoms with Gasteiger partial charge in [-0.15, -0.1) is 0 Å². The first-order valence-electron chi connectivity index (χ1n) is 22.5. The molecule has 0 saturated carbocycles. The molecule has 10 aromatic carbocycles. The molecule has 3 nitrogen and oxygen atoms in total. The van der Waals surface area contributed by atoms with Crippen LogP contribution in [0.3, 0.4) is 0 Å². The second-order valence-electron chi connectivity index (χ2n) is 15.1. The molecule has 0 unspecified atom stereocenters. The summed E-state index contributed by atoms with van der Waals surface area (Å²) >= 11 is 0. The maximum atomic E-state index is 9.60. The fourth-order valence-electron chi connectivity index (χ4n) is 8.49. The second kappa shape index (κ2) is 15.6. The normalized spacial score (nSPS) is 12.2. The van der Waals surface area contributed by atoms with Crippen molar-refractivity contribution in [1.82, 2.24) is 4.57 Å². The second-order valence-corrected chi connectivity index (χ2v) is 15.1. The van der Waals surface area contributed by atoms with E-state index in [1.807, 2.05) is 114 Å². The Kier molecular flexibility index (Phi) is 8.11. The molecule has 0 radical (unpaired) electrons. The van der Waals surface area contributed by atoms with Crippen molar-refractivity contribution in [3.63, 3.8) is 0 Å². The van der Waals surface area contributed by atoms with Crippen LogP contribution in [0.1, 0.15) is 5.48 Å². The van der Waals surface area contributed by atoms with Crippen LogP contribution in [0.25, 0.3) is 60.5 Å². The lowest BCUT2D eigenvalue weighted by molar-refractivity contribution is 1.18. The molecule has 0 fully saturated rings. The Morgan fingerprint density at radius 2 is 0.770 bits per heavy atom. The van der Waals surface area contributed by atoms with Crippen molar-refractivity contribution in [2.45, 2.75) is 0 Å². The van der Waals surface area contributed by atoms with Crippen molar-refractivity contribution in [2.75, 3.05) is 9.80 Å². The van der Waals surface area contributed by atoms with Gasteiger partial charge in [-0.05, 0) is 130 Å². The first kappa shape index (κ1) is 31.8. The highest BCUT2D eigenvalue weighted by molar-refractivity contribution is 6.10. The Morgan fingerprint density at radius 3 is 1.48 bits per heavy atom. The van der Waals surface area contributed by atoms with Crippen molar-refractivity contribution in [1.29, 1.82) is 0 Å². The third-order valence-corrected chi connectivity index (χ3v) is 11.4. The third-order valence-electron chi connectivity index (χ3n) is 11.4. The van der Waals surface area contributed by atoms with Gasteiger partial charge in [-0.25, -0.2) is 0 Å². The van der Waals surface area contributed by atoms with Gasteiger partial charge in [0.2, 0.25) is 0 Å². The summed E-state index contributed by atoms with van der Waals surface area (Å²) in [4.78, 5) is 4.09. The van der Waals surface area contributed by atoms with Gasteiger partial charge in [0.05, 0.1) is 16.5 Å². The number of benzene rings is 10. The molecule has 61 heavy (non-hydrogen) atoms. The Labute approximate surface area is 361 Å². The van der Waals surface area contributed by atoms with E-state index in [1.165, 1.54) is 0 Å². The fraction of sp³-hybridized carbons (Fsp3) is 0. The lowest BCUT2D eigenvalue weighted by atomic mass is 10.00. The molecule has 11 aromatic rings. The van der Waals surface area contributed by atoms with Crippen LogP contribution in [0.2, 0.25) is 0 Å². The molecule has 1 heterocycles. The number of hydrogen-bond donors (Lipinski definition) is 0. The Morgan fingerprint density at radius 1 is 0.295 bits per heavy atom. The van der Waals surface area contributed by atoms with E-state index in [1.54, 1.807) is 0 Å². The van der Waals surface area contributed by atoms with Crippen LogP contribution in [0.5, 0.6) is 0 Å². The van der Waals surface area contributed by atoms with Gasteiger partial charge in [-0.1, -0.05) is 152 Å². The van der Waals surface area contributed by atoms with Crippen LogP contribution in [0, 0.1) is 0 Å². The quantitative estimate of drug-likeness (QED) is 0.144. The highest BCUT2D eigenvalue weighted by atomic mass is 15.1. The smallest absolute Gasteiger partial charge is 0.0645 e. The van der Waals surface area contributed by atoms with Crippen LogP contribution in [0.15, 0.2) is 249 Å². The fourth-order valence-corrected chi connectivity index (χ4v) is 8.49. The first-order valence-corrected chi connectivity index (χ1v) is 20.5. The van der Waals surface area contributed by atoms with Crippen molar-refractivity contribution in [3.8, 4) is 27.9 Å². The van der Waals surface area contributed by atoms with E-state index < -0.39 is 0 Å². The maximum absolute atomic E-state index is 9.60. The SMILES string of the molecule is [2H]c1c([2H])c(N(c2ccccc2)c2ccc3c4ccccc4n(-c4ccccc4)c3c2)c([2H])c([2H])c1-c1ccc2cc(N(c3ccccc3)c3ccc(-c4ccccc4)cc3)ccc2c1. The van der Waals surface area contributed by atoms with E-state index in [-0.39, 0.29) is 35.4 Å². The van der Waals surface area contributed by atoms with E-state index in [0.29, 0.717) is 5.56 Å². The number of hydrogen-bond acceptors (Lipinski definition) is 2. The summed E-state index contributed by atoms with van der Waals surface area (Å²) in [6.07, 6.45) is 0. The summed E-state index contributed by atoms with van der Waals surface area (Å²) in [5.41, 5.74) is 10.9. The molecule has 0 aliphatic carbocycles. The number of fused-ring (bicyclic) bond motifs is 4. The molecular weight excluding hydrogens is 739 g/mol. The van der Waals surface area contributed by atoms with Crippen molar-refractivity contribution in [3.05, 3.63) is 249 Å². The molecule has 11 rings (SSSR count). The number of para-hydroxylation sites is 4. The third kappa shape index (κ3) is 6.78. The molecule has 0 bridgehead atoms. The van der Waals surface area contributed by atoms with Crippen molar-refractivity contribution in [2.24, 2.45) is 0 Å². The topological polar surface area (TPSA) is 11.4 Å². The number of anilines is 6. The molecule has 0 N–H and O–H groups in total. The van der Waals surface area contributed by atoms with Crippen LogP contribution < -0.4 is 9.80 Å². The minimum atomic E-state index is -0.124. The molecule has 0 spiro atoms. The summed E-state index contributed by atoms with van der Waals surface area (Å²) in [5, 5.41) is 4.10. The summed E-state index contributed by atoms with van der Waals surface area (Å²) in [5.74, 6) is 0. The zero-order valence-corrected chi connectivity index (χ0v) is 33.2. The van der Waals surface area contributed by atoms with Crippen molar-refractivity contribution >= 4 is 66.7 Å². The van der Waals surface area contributed by atoms with E-state index in [2.05, 4.69) is 125 Å². The van der Waals surface area contributed by atoms with Gasteiger partial charge in [-0.3, -0.25) is 0 Å². The maximum Gasteiger partial charge on any atom is 0.0645 e. The zero-order chi connectivity index (χ0) is 44.0. The van der Waals surface area contributed by atoms with E-state index in [9.17, 15) is 5.48 Å². The first-order chi connectivity index (χ1) is 31.9. The Hall–Kier alpha value is -8.14. The lowest BCUT2D eigenvalue weighted by Crippen LogP contribution is -2.10. The molecule has 0 amide bonds. The zero-order valence-electron chi connectivity index (χ0n) is 37.2. The van der Waals surface area contributed by atoms with E-state index in [4.69, 9.17) is 0 Å². The number of rotatable bonds is 9. The van der Waals surface area contributed by atoms with Crippen LogP contribution in [-0.2, 0) is 0 Å². The lowest BCUT2D eigenvalue weighted by Gasteiger charge is -2.26. The molecule has 0 aliphatic rings. The van der Waals surface area contributed by atoms with Gasteiger partial charge in [-0.2, -0.15) is 0 Å². The van der Waals surface area contributed by atoms with Gasteiger partial charge in [0, 0.05) is 50.6 Å². The molecule has 0 atom stereocenters. The van der Waals surface area contributed by atoms with Crippen LogP contribution >= 0.6 is 0 Å². The minimum absolute atomic E-state index is 0.105. The van der Waals surface area contributed by atoms with E-state index >= 15 is 0 Å². The molecular formula is C58H41N3. The molecule has 0 aliphatic heterocycles. The van der Waals surface area contributed by atoms with Gasteiger partial charge in [0.15, 0.2) is 0 Å². The molecule has 3 heteroatoms. The largest absolute Gasteiger partial charge is 0.310 e. The van der Waals surface area contributed by atoms with Gasteiger partial charge < -0.3 is 14.4 Å². The average Bonchev–Trinajstić information content (AvgIpc) is 3.70. The van der Waals surface area contributed by atoms with Gasteiger partial charge in [0.1, 0.15) is 0 Å². The minimum Gasteiger partial charge on any atom is -0.310 e. The predicted molar refractivity (Wildman–Crippen MR) is 259 cm³/mol. The van der Waals surface area contributed by atoms with E-state index in [0.717, 1.165) is 77.8 Å². The standard InChI is InChI=1S/C58H41N3/c1-5-15-42(16-6-1)43-27-32-51(33-28-43)59(48-17-7-2-8-18-48)53-36-31-46-39-45(25-26-47(46)40-53)44-29-34-52(35-30-44)60(49-19-9-3-10-20-49)54-37-38-56-55-23-13-14-24-57(55)61(58(56)41-54)50-21-11-4-12-22-50/h1-41H/i29D,30D,34D,35D. The summed E-state index contributed by atoms with van der Waals surface area (Å²) < 4.78 is 40.5. The van der Waals surface area contributed by atoms with Crippen molar-refractivity contribution < 1.29 is 5.48 Å². The Balaban J connectivity index is 1.000. The average molecular weight is 784 g/mol. The molecule has 1 aromatic heterocycles. The highest BCUT2D eigenvalue weighted by Crippen LogP contribution is 2.41. The molecule has 0 saturated heterocycles. The summed E-state index contributed by atoms with van der Waals surface area (Å²) in [6, 6.07) is 75.4. The Bertz CT molecular complexity index is 3490. The predicted octanol–water partition coefficient (Wildman–Crippen LogP) is 16.2. The number of aromatic nitrogens is 1. The monoisotopic (exact) mass is 783 g/mol. The van der Waals surface area contributed by atoms with Crippen LogP contribution in [-0.4, -0.2) is 4.57 Å². The number of nitrogens with zero attached hydrogens (tertiary/aromatic N) is 3. The molecule has 288 valence electrons. The van der Waals surface area contributed by atoms with Crippen LogP contribution in [0.4, 0.5) is 34.1 Å². The summed E-state index contributed by atoms with van der Waals surface area (Å²) in [7, 11) is 0. The van der Waals surface area contributed by atoms with Gasteiger partial charge in [0.25, 0.3) is 0 Å². The summed E-state index contributed by atoms with van der Waals surface area (Å²) in [6.45, 7) is 0. The highest BCUT2D eigenvalue weighted by Gasteiger charge is 2.18. The van der Waals surface area contributed by atoms with Gasteiger partial charge >= 0.3 is 0 Å².